The predicted octanol–water partition coefficient (Wildman–Crippen LogP) is 4.42. The highest BCUT2D eigenvalue weighted by Crippen LogP contribution is 2.21. The molecule has 0 unspecified atom stereocenters. The first-order chi connectivity index (χ1) is 9.60. The molecule has 0 fully saturated rings. The molecule has 0 heterocycles. The summed E-state index contributed by atoms with van der Waals surface area (Å²) in [7, 11) is 0. The second-order valence-corrected chi connectivity index (χ2v) is 4.94. The van der Waals surface area contributed by atoms with Gasteiger partial charge in [0.1, 0.15) is 0 Å². The Morgan fingerprint density at radius 3 is 2.25 bits per heavy atom. The first-order valence-electron chi connectivity index (χ1n) is 5.72. The van der Waals surface area contributed by atoms with Crippen molar-refractivity contribution < 1.29 is 4.92 Å². The van der Waals surface area contributed by atoms with E-state index in [0.29, 0.717) is 11.1 Å². The average molecular weight is 329 g/mol. The van der Waals surface area contributed by atoms with Crippen LogP contribution in [0.3, 0.4) is 0 Å². The van der Waals surface area contributed by atoms with E-state index in [-0.39, 0.29) is 5.69 Å². The lowest BCUT2D eigenvalue weighted by Crippen LogP contribution is -1.88. The summed E-state index contributed by atoms with van der Waals surface area (Å²) in [5.41, 5.74) is 2.01. The molecule has 20 heavy (non-hydrogen) atoms. The van der Waals surface area contributed by atoms with Gasteiger partial charge in [-0.15, -0.1) is 0 Å². The third-order valence-electron chi connectivity index (χ3n) is 2.69. The van der Waals surface area contributed by atoms with Gasteiger partial charge in [0.25, 0.3) is 5.69 Å². The number of halogens is 1. The highest BCUT2D eigenvalue weighted by atomic mass is 79.9. The lowest BCUT2D eigenvalue weighted by atomic mass is 10.0. The fourth-order valence-corrected chi connectivity index (χ4v) is 1.93. The predicted molar refractivity (Wildman–Crippen MR) is 80.7 cm³/mol. The van der Waals surface area contributed by atoms with Gasteiger partial charge in [0.2, 0.25) is 0 Å². The van der Waals surface area contributed by atoms with Crippen LogP contribution in [0.4, 0.5) is 5.69 Å². The van der Waals surface area contributed by atoms with Crippen LogP contribution in [0.15, 0.2) is 53.0 Å². The van der Waals surface area contributed by atoms with Crippen molar-refractivity contribution in [2.24, 2.45) is 0 Å². The molecule has 0 atom stereocenters. The third-order valence-corrected chi connectivity index (χ3v) is 3.22. The fraction of sp³-hybridized carbons (Fsp3) is 0. The van der Waals surface area contributed by atoms with E-state index in [1.165, 1.54) is 12.1 Å². The summed E-state index contributed by atoms with van der Waals surface area (Å²) in [6, 6.07) is 15.6. The molecule has 0 radical (unpaired) electrons. The number of allylic oxidation sites excluding steroid dienone is 1. The van der Waals surface area contributed by atoms with E-state index >= 15 is 0 Å². The van der Waals surface area contributed by atoms with Crippen LogP contribution in [-0.4, -0.2) is 4.92 Å². The maximum absolute atomic E-state index is 10.6. The number of nitro benzene ring substituents is 1. The lowest BCUT2D eigenvalue weighted by Gasteiger charge is -2.00. The Morgan fingerprint density at radius 1 is 1.15 bits per heavy atom. The topological polar surface area (TPSA) is 66.9 Å². The SMILES string of the molecule is N#C/C(=C/c1ccc(Br)cc1)c1ccc([N+](=O)[O-])cc1. The first kappa shape index (κ1) is 14.0. The zero-order valence-corrected chi connectivity index (χ0v) is 11.9. The molecular formula is C15H9BrN2O2. The number of nitro groups is 1. The van der Waals surface area contributed by atoms with Crippen LogP contribution < -0.4 is 0 Å². The number of nitrogens with zero attached hydrogens (tertiary/aromatic N) is 2. The highest BCUT2D eigenvalue weighted by Gasteiger charge is 2.06. The van der Waals surface area contributed by atoms with E-state index in [1.807, 2.05) is 24.3 Å². The molecule has 0 aromatic heterocycles. The van der Waals surface area contributed by atoms with Gasteiger partial charge in [-0.2, -0.15) is 5.26 Å². The van der Waals surface area contributed by atoms with Gasteiger partial charge < -0.3 is 0 Å². The molecule has 2 aromatic rings. The molecule has 0 spiro atoms. The number of hydrogen-bond donors (Lipinski definition) is 0. The highest BCUT2D eigenvalue weighted by molar-refractivity contribution is 9.10. The Balaban J connectivity index is 2.35. The second-order valence-electron chi connectivity index (χ2n) is 4.03. The molecule has 0 bridgehead atoms. The number of nitriles is 1. The van der Waals surface area contributed by atoms with Gasteiger partial charge in [0.15, 0.2) is 0 Å². The van der Waals surface area contributed by atoms with Crippen molar-refractivity contribution in [3.63, 3.8) is 0 Å². The number of hydrogen-bond acceptors (Lipinski definition) is 3. The minimum absolute atomic E-state index is 0.00896. The maximum atomic E-state index is 10.6. The summed E-state index contributed by atoms with van der Waals surface area (Å²) in [5.74, 6) is 0. The molecule has 2 rings (SSSR count). The largest absolute Gasteiger partial charge is 0.269 e. The Kier molecular flexibility index (Phi) is 4.28. The zero-order chi connectivity index (χ0) is 14.5. The summed E-state index contributed by atoms with van der Waals surface area (Å²) in [6.45, 7) is 0. The van der Waals surface area contributed by atoms with Crippen molar-refractivity contribution in [2.75, 3.05) is 0 Å². The Morgan fingerprint density at radius 2 is 1.75 bits per heavy atom. The van der Waals surface area contributed by atoms with Crippen LogP contribution in [0.1, 0.15) is 11.1 Å². The van der Waals surface area contributed by atoms with Crippen LogP contribution >= 0.6 is 15.9 Å². The molecule has 5 heteroatoms. The van der Waals surface area contributed by atoms with E-state index < -0.39 is 4.92 Å². The van der Waals surface area contributed by atoms with Gasteiger partial charge in [-0.25, -0.2) is 0 Å². The number of benzene rings is 2. The van der Waals surface area contributed by atoms with Crippen molar-refractivity contribution >= 4 is 33.3 Å². The second kappa shape index (κ2) is 6.13. The number of non-ortho nitro benzene ring substituents is 1. The molecule has 4 nitrogen and oxygen atoms in total. The standard InChI is InChI=1S/C15H9BrN2O2/c16-14-5-1-11(2-6-14)9-13(10-17)12-3-7-15(8-4-12)18(19)20/h1-9H/b13-9-. The van der Waals surface area contributed by atoms with Crippen LogP contribution in [0.25, 0.3) is 11.6 Å². The smallest absolute Gasteiger partial charge is 0.258 e. The maximum Gasteiger partial charge on any atom is 0.269 e. The van der Waals surface area contributed by atoms with E-state index in [4.69, 9.17) is 0 Å². The van der Waals surface area contributed by atoms with Gasteiger partial charge in [-0.05, 0) is 41.5 Å². The monoisotopic (exact) mass is 328 g/mol. The van der Waals surface area contributed by atoms with Gasteiger partial charge in [-0.1, -0.05) is 28.1 Å². The van der Waals surface area contributed by atoms with Crippen LogP contribution in [0.5, 0.6) is 0 Å². The molecule has 0 saturated heterocycles. The van der Waals surface area contributed by atoms with Crippen LogP contribution in [0.2, 0.25) is 0 Å². The van der Waals surface area contributed by atoms with Crippen molar-refractivity contribution in [2.45, 2.75) is 0 Å². The Labute approximate surface area is 124 Å². The molecule has 2 aromatic carbocycles. The summed E-state index contributed by atoms with van der Waals surface area (Å²) < 4.78 is 0.962. The van der Waals surface area contributed by atoms with Crippen molar-refractivity contribution in [1.29, 1.82) is 5.26 Å². The summed E-state index contributed by atoms with van der Waals surface area (Å²) in [6.07, 6.45) is 1.74. The van der Waals surface area contributed by atoms with E-state index in [9.17, 15) is 15.4 Å². The van der Waals surface area contributed by atoms with Crippen LogP contribution in [0, 0.1) is 21.4 Å². The molecular weight excluding hydrogens is 320 g/mol. The minimum atomic E-state index is -0.464. The molecule has 0 amide bonds. The fourth-order valence-electron chi connectivity index (χ4n) is 1.67. The molecule has 0 aliphatic carbocycles. The Bertz CT molecular complexity index is 698. The Hall–Kier alpha value is -2.45. The van der Waals surface area contributed by atoms with Crippen molar-refractivity contribution in [3.05, 3.63) is 74.2 Å². The molecule has 0 aliphatic heterocycles. The molecule has 0 N–H and O–H groups in total. The quantitative estimate of drug-likeness (QED) is 0.362. The third kappa shape index (κ3) is 3.31. The molecule has 0 saturated carbocycles. The van der Waals surface area contributed by atoms with E-state index in [1.54, 1.807) is 18.2 Å². The van der Waals surface area contributed by atoms with Gasteiger partial charge in [0, 0.05) is 16.6 Å². The summed E-state index contributed by atoms with van der Waals surface area (Å²) >= 11 is 3.35. The zero-order valence-electron chi connectivity index (χ0n) is 10.3. The molecule has 98 valence electrons. The van der Waals surface area contributed by atoms with E-state index in [2.05, 4.69) is 22.0 Å². The van der Waals surface area contributed by atoms with Gasteiger partial charge >= 0.3 is 0 Å². The summed E-state index contributed by atoms with van der Waals surface area (Å²) in [4.78, 5) is 10.1. The van der Waals surface area contributed by atoms with Gasteiger partial charge in [0.05, 0.1) is 16.6 Å². The lowest BCUT2D eigenvalue weighted by molar-refractivity contribution is -0.384. The first-order valence-corrected chi connectivity index (χ1v) is 6.51. The molecule has 0 aliphatic rings. The number of rotatable bonds is 3. The minimum Gasteiger partial charge on any atom is -0.258 e. The summed E-state index contributed by atoms with van der Waals surface area (Å²) in [5, 5.41) is 19.8. The average Bonchev–Trinajstić information content (AvgIpc) is 2.47. The van der Waals surface area contributed by atoms with Gasteiger partial charge in [-0.3, -0.25) is 10.1 Å². The van der Waals surface area contributed by atoms with Crippen molar-refractivity contribution in [3.8, 4) is 6.07 Å². The normalized spacial score (nSPS) is 10.9. The van der Waals surface area contributed by atoms with Crippen LogP contribution in [-0.2, 0) is 0 Å². The van der Waals surface area contributed by atoms with E-state index in [0.717, 1.165) is 10.0 Å². The van der Waals surface area contributed by atoms with Crippen molar-refractivity contribution in [1.82, 2.24) is 0 Å².